The van der Waals surface area contributed by atoms with Crippen LogP contribution in [0.4, 0.5) is 5.69 Å². The van der Waals surface area contributed by atoms with E-state index in [0.717, 1.165) is 17.5 Å². The maximum atomic E-state index is 9.20. The van der Waals surface area contributed by atoms with Crippen LogP contribution in [0, 0.1) is 17.2 Å². The Bertz CT molecular complexity index is 642. The van der Waals surface area contributed by atoms with Crippen molar-refractivity contribution in [1.82, 2.24) is 0 Å². The lowest BCUT2D eigenvalue weighted by atomic mass is 10.00. The molecular weight excluding hydrogens is 260 g/mol. The second-order valence-electron chi connectivity index (χ2n) is 5.54. The summed E-state index contributed by atoms with van der Waals surface area (Å²) in [6.07, 6.45) is 0.899. The minimum absolute atomic E-state index is 0.418. The van der Waals surface area contributed by atoms with Crippen molar-refractivity contribution in [2.45, 2.75) is 26.9 Å². The van der Waals surface area contributed by atoms with Crippen molar-refractivity contribution in [3.8, 4) is 11.8 Å². The molecule has 0 heterocycles. The number of nitrogen functional groups attached to an aromatic ring is 1. The first-order chi connectivity index (χ1) is 10.1. The molecule has 2 N–H and O–H groups in total. The number of ether oxygens (including phenoxy) is 1. The highest BCUT2D eigenvalue weighted by Crippen LogP contribution is 2.29. The number of nitriles is 1. The Morgan fingerprint density at radius 1 is 1.14 bits per heavy atom. The van der Waals surface area contributed by atoms with Crippen LogP contribution in [0.3, 0.4) is 0 Å². The van der Waals surface area contributed by atoms with Gasteiger partial charge in [-0.1, -0.05) is 44.2 Å². The number of anilines is 1. The van der Waals surface area contributed by atoms with Gasteiger partial charge < -0.3 is 10.5 Å². The van der Waals surface area contributed by atoms with Crippen molar-refractivity contribution in [3.05, 3.63) is 59.2 Å². The van der Waals surface area contributed by atoms with Gasteiger partial charge in [0.1, 0.15) is 18.4 Å². The van der Waals surface area contributed by atoms with E-state index in [1.807, 2.05) is 42.5 Å². The highest BCUT2D eigenvalue weighted by Gasteiger charge is 2.10. The molecule has 21 heavy (non-hydrogen) atoms. The zero-order chi connectivity index (χ0) is 15.2. The van der Waals surface area contributed by atoms with Crippen LogP contribution in [-0.2, 0) is 13.0 Å². The number of rotatable bonds is 5. The Morgan fingerprint density at radius 3 is 2.48 bits per heavy atom. The molecule has 0 aliphatic rings. The molecule has 0 fully saturated rings. The van der Waals surface area contributed by atoms with Gasteiger partial charge in [-0.2, -0.15) is 5.26 Å². The quantitative estimate of drug-likeness (QED) is 0.844. The molecule has 0 unspecified atom stereocenters. The van der Waals surface area contributed by atoms with Crippen LogP contribution in [0.1, 0.15) is 30.5 Å². The fourth-order valence-electron chi connectivity index (χ4n) is 2.22. The summed E-state index contributed by atoms with van der Waals surface area (Å²) >= 11 is 0. The molecule has 0 atom stereocenters. The average Bonchev–Trinajstić information content (AvgIpc) is 2.48. The molecule has 0 saturated heterocycles. The largest absolute Gasteiger partial charge is 0.487 e. The van der Waals surface area contributed by atoms with E-state index in [-0.39, 0.29) is 0 Å². The molecule has 2 rings (SSSR count). The van der Waals surface area contributed by atoms with E-state index in [9.17, 15) is 5.26 Å². The number of nitrogens with zero attached hydrogens (tertiary/aromatic N) is 1. The van der Waals surface area contributed by atoms with Gasteiger partial charge in [-0.05, 0) is 35.6 Å². The fourth-order valence-corrected chi connectivity index (χ4v) is 2.22. The highest BCUT2D eigenvalue weighted by molar-refractivity contribution is 5.64. The van der Waals surface area contributed by atoms with E-state index in [1.54, 1.807) is 0 Å². The summed E-state index contributed by atoms with van der Waals surface area (Å²) in [5, 5.41) is 9.20. The van der Waals surface area contributed by atoms with Gasteiger partial charge in [0.15, 0.2) is 0 Å². The van der Waals surface area contributed by atoms with Crippen molar-refractivity contribution < 1.29 is 4.74 Å². The second kappa shape index (κ2) is 6.81. The maximum Gasteiger partial charge on any atom is 0.144 e. The van der Waals surface area contributed by atoms with Crippen LogP contribution in [0.25, 0.3) is 0 Å². The Balaban J connectivity index is 2.23. The summed E-state index contributed by atoms with van der Waals surface area (Å²) < 4.78 is 5.81. The van der Waals surface area contributed by atoms with Gasteiger partial charge in [0.05, 0.1) is 11.3 Å². The molecular formula is C18H20N2O. The summed E-state index contributed by atoms with van der Waals surface area (Å²) in [6.45, 7) is 4.74. The van der Waals surface area contributed by atoms with Gasteiger partial charge in [0.25, 0.3) is 0 Å². The molecule has 108 valence electrons. The normalized spacial score (nSPS) is 10.4. The first kappa shape index (κ1) is 14.9. The predicted octanol–water partition coefficient (Wildman–Crippen LogP) is 3.92. The number of hydrogen-bond acceptors (Lipinski definition) is 3. The molecule has 0 spiro atoms. The summed E-state index contributed by atoms with van der Waals surface area (Å²) in [5.41, 5.74) is 9.07. The van der Waals surface area contributed by atoms with Gasteiger partial charge in [-0.3, -0.25) is 0 Å². The molecule has 0 amide bonds. The molecule has 3 nitrogen and oxygen atoms in total. The Kier molecular flexibility index (Phi) is 4.84. The average molecular weight is 280 g/mol. The Hall–Kier alpha value is -2.47. The van der Waals surface area contributed by atoms with Crippen LogP contribution in [0.5, 0.6) is 5.75 Å². The van der Waals surface area contributed by atoms with Crippen molar-refractivity contribution in [3.63, 3.8) is 0 Å². The standard InChI is InChI=1S/C18H20N2O/c1-13(2)8-15-9-16(11-19)18(20)17(10-15)21-12-14-6-4-3-5-7-14/h3-7,9-10,13H,8,12,20H2,1-2H3. The van der Waals surface area contributed by atoms with Crippen LogP contribution >= 0.6 is 0 Å². The van der Waals surface area contributed by atoms with E-state index < -0.39 is 0 Å². The van der Waals surface area contributed by atoms with E-state index in [1.165, 1.54) is 0 Å². The molecule has 0 aliphatic carbocycles. The minimum atomic E-state index is 0.418. The van der Waals surface area contributed by atoms with Gasteiger partial charge in [0, 0.05) is 0 Å². The topological polar surface area (TPSA) is 59.0 Å². The van der Waals surface area contributed by atoms with Crippen molar-refractivity contribution in [1.29, 1.82) is 5.26 Å². The molecule has 0 radical (unpaired) electrons. The third-order valence-corrected chi connectivity index (χ3v) is 3.20. The molecule has 0 aliphatic heterocycles. The van der Waals surface area contributed by atoms with E-state index >= 15 is 0 Å². The summed E-state index contributed by atoms with van der Waals surface area (Å²) in [6, 6.07) is 15.8. The van der Waals surface area contributed by atoms with E-state index in [0.29, 0.717) is 29.5 Å². The predicted molar refractivity (Wildman–Crippen MR) is 84.9 cm³/mol. The summed E-state index contributed by atoms with van der Waals surface area (Å²) in [4.78, 5) is 0. The third-order valence-electron chi connectivity index (χ3n) is 3.20. The van der Waals surface area contributed by atoms with Gasteiger partial charge in [0.2, 0.25) is 0 Å². The van der Waals surface area contributed by atoms with E-state index in [4.69, 9.17) is 10.5 Å². The monoisotopic (exact) mass is 280 g/mol. The molecule has 2 aromatic carbocycles. The van der Waals surface area contributed by atoms with Crippen LogP contribution in [-0.4, -0.2) is 0 Å². The number of nitrogens with two attached hydrogens (primary N) is 1. The fraction of sp³-hybridized carbons (Fsp3) is 0.278. The molecule has 2 aromatic rings. The lowest BCUT2D eigenvalue weighted by Gasteiger charge is -2.13. The lowest BCUT2D eigenvalue weighted by Crippen LogP contribution is -2.03. The van der Waals surface area contributed by atoms with Crippen molar-refractivity contribution >= 4 is 5.69 Å². The van der Waals surface area contributed by atoms with Crippen LogP contribution in [0.15, 0.2) is 42.5 Å². The van der Waals surface area contributed by atoms with Gasteiger partial charge in [-0.15, -0.1) is 0 Å². The van der Waals surface area contributed by atoms with Crippen molar-refractivity contribution in [2.24, 2.45) is 5.92 Å². The van der Waals surface area contributed by atoms with Crippen LogP contribution < -0.4 is 10.5 Å². The number of benzene rings is 2. The summed E-state index contributed by atoms with van der Waals surface area (Å²) in [5.74, 6) is 1.11. The second-order valence-corrected chi connectivity index (χ2v) is 5.54. The van der Waals surface area contributed by atoms with Gasteiger partial charge >= 0.3 is 0 Å². The van der Waals surface area contributed by atoms with Crippen molar-refractivity contribution in [2.75, 3.05) is 5.73 Å². The smallest absolute Gasteiger partial charge is 0.144 e. The first-order valence-electron chi connectivity index (χ1n) is 7.09. The maximum absolute atomic E-state index is 9.20. The number of hydrogen-bond donors (Lipinski definition) is 1. The third kappa shape index (κ3) is 4.00. The molecule has 0 saturated carbocycles. The lowest BCUT2D eigenvalue weighted by molar-refractivity contribution is 0.307. The Morgan fingerprint density at radius 2 is 1.86 bits per heavy atom. The Labute approximate surface area is 126 Å². The highest BCUT2D eigenvalue weighted by atomic mass is 16.5. The zero-order valence-electron chi connectivity index (χ0n) is 12.5. The first-order valence-corrected chi connectivity index (χ1v) is 7.09. The molecule has 3 heteroatoms. The van der Waals surface area contributed by atoms with Gasteiger partial charge in [-0.25, -0.2) is 0 Å². The molecule has 0 bridgehead atoms. The summed E-state index contributed by atoms with van der Waals surface area (Å²) in [7, 11) is 0. The van der Waals surface area contributed by atoms with Crippen LogP contribution in [0.2, 0.25) is 0 Å². The SMILES string of the molecule is CC(C)Cc1cc(C#N)c(N)c(OCc2ccccc2)c1. The molecule has 0 aromatic heterocycles. The van der Waals surface area contributed by atoms with E-state index in [2.05, 4.69) is 19.9 Å². The minimum Gasteiger partial charge on any atom is -0.487 e. The zero-order valence-corrected chi connectivity index (χ0v) is 12.5.